The van der Waals surface area contributed by atoms with Crippen LogP contribution in [0.5, 0.6) is 11.5 Å². The van der Waals surface area contributed by atoms with Gasteiger partial charge in [0, 0.05) is 25.7 Å². The molecule has 5 nitrogen and oxygen atoms in total. The molecule has 2 rings (SSSR count). The minimum Gasteiger partial charge on any atom is -0.496 e. The van der Waals surface area contributed by atoms with Gasteiger partial charge < -0.3 is 15.2 Å². The zero-order valence-electron chi connectivity index (χ0n) is 11.5. The van der Waals surface area contributed by atoms with Crippen molar-refractivity contribution in [3.63, 3.8) is 0 Å². The van der Waals surface area contributed by atoms with E-state index in [2.05, 4.69) is 5.10 Å². The van der Waals surface area contributed by atoms with Gasteiger partial charge in [-0.3, -0.25) is 4.68 Å². The van der Waals surface area contributed by atoms with Crippen LogP contribution in [0.3, 0.4) is 0 Å². The SMILES string of the molecule is COc1cccc(OC)c1C(N)Cc1ccn(C)n1. The number of ether oxygens (including phenoxy) is 2. The van der Waals surface area contributed by atoms with E-state index in [9.17, 15) is 0 Å². The summed E-state index contributed by atoms with van der Waals surface area (Å²) in [4.78, 5) is 0. The Kier molecular flexibility index (Phi) is 4.06. The van der Waals surface area contributed by atoms with E-state index in [1.807, 2.05) is 37.5 Å². The van der Waals surface area contributed by atoms with Gasteiger partial charge >= 0.3 is 0 Å². The molecule has 0 aliphatic heterocycles. The molecule has 0 aliphatic carbocycles. The molecule has 1 aromatic carbocycles. The van der Waals surface area contributed by atoms with Crippen molar-refractivity contribution in [3.8, 4) is 11.5 Å². The number of hydrogen-bond donors (Lipinski definition) is 1. The molecule has 0 saturated heterocycles. The summed E-state index contributed by atoms with van der Waals surface area (Å²) in [6.07, 6.45) is 2.54. The van der Waals surface area contributed by atoms with Crippen LogP contribution < -0.4 is 15.2 Å². The molecule has 5 heteroatoms. The van der Waals surface area contributed by atoms with Gasteiger partial charge in [0.25, 0.3) is 0 Å². The highest BCUT2D eigenvalue weighted by Gasteiger charge is 2.18. The molecule has 1 unspecified atom stereocenters. The first kappa shape index (κ1) is 13.4. The lowest BCUT2D eigenvalue weighted by molar-refractivity contribution is 0.378. The van der Waals surface area contributed by atoms with Crippen molar-refractivity contribution in [2.24, 2.45) is 12.8 Å². The summed E-state index contributed by atoms with van der Waals surface area (Å²) >= 11 is 0. The quantitative estimate of drug-likeness (QED) is 0.889. The van der Waals surface area contributed by atoms with Crippen LogP contribution in [0.4, 0.5) is 0 Å². The normalized spacial score (nSPS) is 12.2. The Bertz CT molecular complexity index is 529. The fraction of sp³-hybridized carbons (Fsp3) is 0.357. The smallest absolute Gasteiger partial charge is 0.127 e. The second-order valence-electron chi connectivity index (χ2n) is 4.37. The summed E-state index contributed by atoms with van der Waals surface area (Å²) in [6.45, 7) is 0. The van der Waals surface area contributed by atoms with Crippen molar-refractivity contribution in [2.75, 3.05) is 14.2 Å². The number of rotatable bonds is 5. The third-order valence-electron chi connectivity index (χ3n) is 3.03. The number of methoxy groups -OCH3 is 2. The molecular weight excluding hydrogens is 242 g/mol. The highest BCUT2D eigenvalue weighted by atomic mass is 16.5. The van der Waals surface area contributed by atoms with Crippen LogP contribution in [0.25, 0.3) is 0 Å². The maximum atomic E-state index is 6.28. The van der Waals surface area contributed by atoms with E-state index in [0.29, 0.717) is 6.42 Å². The first-order chi connectivity index (χ1) is 9.15. The molecule has 0 bridgehead atoms. The van der Waals surface area contributed by atoms with Crippen LogP contribution in [0.1, 0.15) is 17.3 Å². The molecular formula is C14H19N3O2. The highest BCUT2D eigenvalue weighted by Crippen LogP contribution is 2.34. The summed E-state index contributed by atoms with van der Waals surface area (Å²) in [5.74, 6) is 1.48. The lowest BCUT2D eigenvalue weighted by Crippen LogP contribution is -2.16. The summed E-state index contributed by atoms with van der Waals surface area (Å²) in [6, 6.07) is 7.39. The van der Waals surface area contributed by atoms with Crippen molar-refractivity contribution in [1.29, 1.82) is 0 Å². The molecule has 102 valence electrons. The van der Waals surface area contributed by atoms with Crippen molar-refractivity contribution >= 4 is 0 Å². The van der Waals surface area contributed by atoms with E-state index in [-0.39, 0.29) is 6.04 Å². The summed E-state index contributed by atoms with van der Waals surface area (Å²) in [7, 11) is 5.15. The first-order valence-corrected chi connectivity index (χ1v) is 6.10. The van der Waals surface area contributed by atoms with Gasteiger partial charge in [0.05, 0.1) is 25.5 Å². The molecule has 1 heterocycles. The van der Waals surface area contributed by atoms with E-state index in [4.69, 9.17) is 15.2 Å². The number of aromatic nitrogens is 2. The van der Waals surface area contributed by atoms with Crippen molar-refractivity contribution in [3.05, 3.63) is 41.7 Å². The van der Waals surface area contributed by atoms with Gasteiger partial charge in [-0.05, 0) is 18.2 Å². The average molecular weight is 261 g/mol. The molecule has 0 amide bonds. The minimum absolute atomic E-state index is 0.221. The number of nitrogens with zero attached hydrogens (tertiary/aromatic N) is 2. The Labute approximate surface area is 112 Å². The van der Waals surface area contributed by atoms with Gasteiger partial charge in [0.1, 0.15) is 11.5 Å². The Morgan fingerprint density at radius 1 is 1.21 bits per heavy atom. The third kappa shape index (κ3) is 2.88. The van der Waals surface area contributed by atoms with Gasteiger partial charge in [-0.2, -0.15) is 5.10 Å². The lowest BCUT2D eigenvalue weighted by Gasteiger charge is -2.18. The fourth-order valence-corrected chi connectivity index (χ4v) is 2.14. The number of aryl methyl sites for hydroxylation is 1. The molecule has 0 fully saturated rings. The minimum atomic E-state index is -0.221. The molecule has 0 radical (unpaired) electrons. The van der Waals surface area contributed by atoms with Crippen LogP contribution in [0, 0.1) is 0 Å². The number of nitrogens with two attached hydrogens (primary N) is 1. The van der Waals surface area contributed by atoms with Crippen LogP contribution in [0.15, 0.2) is 30.5 Å². The van der Waals surface area contributed by atoms with Gasteiger partial charge in [0.15, 0.2) is 0 Å². The summed E-state index contributed by atoms with van der Waals surface area (Å²) < 4.78 is 12.5. The zero-order chi connectivity index (χ0) is 13.8. The van der Waals surface area contributed by atoms with Gasteiger partial charge in [0.2, 0.25) is 0 Å². The van der Waals surface area contributed by atoms with Crippen LogP contribution in [-0.2, 0) is 13.5 Å². The van der Waals surface area contributed by atoms with Gasteiger partial charge in [-0.15, -0.1) is 0 Å². The van der Waals surface area contributed by atoms with Gasteiger partial charge in [-0.25, -0.2) is 0 Å². The molecule has 0 aliphatic rings. The monoisotopic (exact) mass is 261 g/mol. The Balaban J connectivity index is 2.29. The van der Waals surface area contributed by atoms with Crippen molar-refractivity contribution in [1.82, 2.24) is 9.78 Å². The maximum absolute atomic E-state index is 6.28. The standard InChI is InChI=1S/C14H19N3O2/c1-17-8-7-10(16-17)9-11(15)14-12(18-2)5-4-6-13(14)19-3/h4-8,11H,9,15H2,1-3H3. The predicted octanol–water partition coefficient (Wildman–Crippen LogP) is 1.68. The van der Waals surface area contributed by atoms with E-state index in [1.54, 1.807) is 18.9 Å². The van der Waals surface area contributed by atoms with Crippen LogP contribution in [-0.4, -0.2) is 24.0 Å². The molecule has 1 aromatic heterocycles. The van der Waals surface area contributed by atoms with E-state index in [1.165, 1.54) is 0 Å². The number of benzene rings is 1. The third-order valence-corrected chi connectivity index (χ3v) is 3.03. The maximum Gasteiger partial charge on any atom is 0.127 e. The molecule has 0 spiro atoms. The topological polar surface area (TPSA) is 62.3 Å². The van der Waals surface area contributed by atoms with Gasteiger partial charge in [-0.1, -0.05) is 6.07 Å². The lowest BCUT2D eigenvalue weighted by atomic mass is 10.0. The largest absolute Gasteiger partial charge is 0.496 e. The number of hydrogen-bond acceptors (Lipinski definition) is 4. The van der Waals surface area contributed by atoms with Crippen LogP contribution >= 0.6 is 0 Å². The zero-order valence-corrected chi connectivity index (χ0v) is 11.5. The second kappa shape index (κ2) is 5.75. The molecule has 1 atom stereocenters. The van der Waals surface area contributed by atoms with E-state index >= 15 is 0 Å². The molecule has 19 heavy (non-hydrogen) atoms. The van der Waals surface area contributed by atoms with Crippen molar-refractivity contribution in [2.45, 2.75) is 12.5 Å². The van der Waals surface area contributed by atoms with Crippen LogP contribution in [0.2, 0.25) is 0 Å². The Morgan fingerprint density at radius 3 is 2.32 bits per heavy atom. The average Bonchev–Trinajstić information content (AvgIpc) is 2.82. The Hall–Kier alpha value is -2.01. The fourth-order valence-electron chi connectivity index (χ4n) is 2.14. The van der Waals surface area contributed by atoms with E-state index < -0.39 is 0 Å². The Morgan fingerprint density at radius 2 is 1.84 bits per heavy atom. The predicted molar refractivity (Wildman–Crippen MR) is 73.4 cm³/mol. The summed E-state index contributed by atoms with van der Waals surface area (Å²) in [5.41, 5.74) is 8.10. The van der Waals surface area contributed by atoms with E-state index in [0.717, 1.165) is 22.8 Å². The highest BCUT2D eigenvalue weighted by molar-refractivity contribution is 5.47. The first-order valence-electron chi connectivity index (χ1n) is 6.10. The molecule has 0 saturated carbocycles. The second-order valence-corrected chi connectivity index (χ2v) is 4.37. The molecule has 2 N–H and O–H groups in total. The molecule has 2 aromatic rings. The summed E-state index contributed by atoms with van der Waals surface area (Å²) in [5, 5.41) is 4.34. The van der Waals surface area contributed by atoms with Crippen molar-refractivity contribution < 1.29 is 9.47 Å².